The highest BCUT2D eigenvalue weighted by Crippen LogP contribution is 2.35. The number of hydrogen-bond acceptors (Lipinski definition) is 2. The lowest BCUT2D eigenvalue weighted by atomic mass is 9.83. The van der Waals surface area contributed by atoms with Crippen LogP contribution in [0.4, 0.5) is 0 Å². The third-order valence-corrected chi connectivity index (χ3v) is 3.71. The Labute approximate surface area is 97.5 Å². The van der Waals surface area contributed by atoms with E-state index in [1.807, 2.05) is 30.3 Å². The first kappa shape index (κ1) is 11.6. The van der Waals surface area contributed by atoms with E-state index in [1.54, 1.807) is 0 Å². The van der Waals surface area contributed by atoms with E-state index in [4.69, 9.17) is 5.73 Å². The van der Waals surface area contributed by atoms with Crippen LogP contribution in [-0.2, 0) is 0 Å². The SMILES string of the molecule is N[C@H](c1ccccc1)C1(O)CCCCCC1. The van der Waals surface area contributed by atoms with Crippen molar-refractivity contribution in [3.8, 4) is 0 Å². The maximum absolute atomic E-state index is 10.6. The Morgan fingerprint density at radius 2 is 1.56 bits per heavy atom. The van der Waals surface area contributed by atoms with Gasteiger partial charge in [0.2, 0.25) is 0 Å². The van der Waals surface area contributed by atoms with E-state index < -0.39 is 5.60 Å². The molecule has 1 fully saturated rings. The van der Waals surface area contributed by atoms with Crippen molar-refractivity contribution >= 4 is 0 Å². The standard InChI is InChI=1S/C14H21NO/c15-13(12-8-4-3-5-9-12)14(16)10-6-1-2-7-11-14/h3-5,8-9,13,16H,1-2,6-7,10-11,15H2/t13-/m1/s1. The van der Waals surface area contributed by atoms with E-state index in [-0.39, 0.29) is 6.04 Å². The molecule has 2 nitrogen and oxygen atoms in total. The van der Waals surface area contributed by atoms with Crippen LogP contribution >= 0.6 is 0 Å². The molecule has 0 amide bonds. The largest absolute Gasteiger partial charge is 0.388 e. The summed E-state index contributed by atoms with van der Waals surface area (Å²) in [5.74, 6) is 0. The summed E-state index contributed by atoms with van der Waals surface area (Å²) in [5.41, 5.74) is 6.57. The van der Waals surface area contributed by atoms with Gasteiger partial charge in [-0.3, -0.25) is 0 Å². The normalized spacial score (nSPS) is 22.4. The van der Waals surface area contributed by atoms with Gasteiger partial charge in [-0.25, -0.2) is 0 Å². The van der Waals surface area contributed by atoms with Crippen LogP contribution in [0.2, 0.25) is 0 Å². The number of aliphatic hydroxyl groups is 1. The van der Waals surface area contributed by atoms with Crippen molar-refractivity contribution in [1.29, 1.82) is 0 Å². The van der Waals surface area contributed by atoms with Crippen LogP contribution in [0.5, 0.6) is 0 Å². The first-order valence-corrected chi connectivity index (χ1v) is 6.25. The molecule has 88 valence electrons. The average molecular weight is 219 g/mol. The summed E-state index contributed by atoms with van der Waals surface area (Å²) < 4.78 is 0. The predicted octanol–water partition coefficient (Wildman–Crippen LogP) is 2.77. The first-order valence-electron chi connectivity index (χ1n) is 6.25. The van der Waals surface area contributed by atoms with Gasteiger partial charge in [0.05, 0.1) is 11.6 Å². The second-order valence-corrected chi connectivity index (χ2v) is 4.91. The van der Waals surface area contributed by atoms with Crippen molar-refractivity contribution in [2.24, 2.45) is 5.73 Å². The highest BCUT2D eigenvalue weighted by molar-refractivity contribution is 5.21. The van der Waals surface area contributed by atoms with E-state index in [0.29, 0.717) is 0 Å². The number of hydrogen-bond donors (Lipinski definition) is 2. The summed E-state index contributed by atoms with van der Waals surface area (Å²) in [6, 6.07) is 9.71. The molecule has 3 N–H and O–H groups in total. The molecule has 1 aliphatic carbocycles. The molecule has 1 atom stereocenters. The Kier molecular flexibility index (Phi) is 3.62. The Balaban J connectivity index is 2.15. The van der Waals surface area contributed by atoms with Crippen molar-refractivity contribution in [1.82, 2.24) is 0 Å². The summed E-state index contributed by atoms with van der Waals surface area (Å²) in [4.78, 5) is 0. The van der Waals surface area contributed by atoms with Crippen LogP contribution < -0.4 is 5.73 Å². The molecule has 0 radical (unpaired) electrons. The zero-order chi connectivity index (χ0) is 11.4. The molecule has 0 bridgehead atoms. The minimum absolute atomic E-state index is 0.244. The lowest BCUT2D eigenvalue weighted by Gasteiger charge is -2.33. The van der Waals surface area contributed by atoms with Crippen LogP contribution in [-0.4, -0.2) is 10.7 Å². The third-order valence-electron chi connectivity index (χ3n) is 3.71. The van der Waals surface area contributed by atoms with Gasteiger partial charge in [0, 0.05) is 0 Å². The molecule has 2 rings (SSSR count). The number of nitrogens with two attached hydrogens (primary N) is 1. The highest BCUT2D eigenvalue weighted by Gasteiger charge is 2.35. The smallest absolute Gasteiger partial charge is 0.0839 e. The van der Waals surface area contributed by atoms with Crippen molar-refractivity contribution in [2.45, 2.75) is 50.2 Å². The van der Waals surface area contributed by atoms with Gasteiger partial charge in [-0.15, -0.1) is 0 Å². The monoisotopic (exact) mass is 219 g/mol. The summed E-state index contributed by atoms with van der Waals surface area (Å²) >= 11 is 0. The van der Waals surface area contributed by atoms with Crippen molar-refractivity contribution in [3.05, 3.63) is 35.9 Å². The molecular formula is C14H21NO. The van der Waals surface area contributed by atoms with Gasteiger partial charge in [-0.05, 0) is 18.4 Å². The fraction of sp³-hybridized carbons (Fsp3) is 0.571. The van der Waals surface area contributed by atoms with Crippen LogP contribution in [0.1, 0.15) is 50.1 Å². The Morgan fingerprint density at radius 1 is 1.00 bits per heavy atom. The molecule has 1 aromatic rings. The first-order chi connectivity index (χ1) is 7.72. The van der Waals surface area contributed by atoms with Gasteiger partial charge < -0.3 is 10.8 Å². The van der Waals surface area contributed by atoms with Gasteiger partial charge in [0.1, 0.15) is 0 Å². The summed E-state index contributed by atoms with van der Waals surface area (Å²) in [7, 11) is 0. The lowest BCUT2D eigenvalue weighted by Crippen LogP contribution is -2.40. The second kappa shape index (κ2) is 4.98. The van der Waals surface area contributed by atoms with Crippen molar-refractivity contribution in [3.63, 3.8) is 0 Å². The van der Waals surface area contributed by atoms with E-state index in [2.05, 4.69) is 0 Å². The quantitative estimate of drug-likeness (QED) is 0.751. The van der Waals surface area contributed by atoms with E-state index >= 15 is 0 Å². The van der Waals surface area contributed by atoms with Crippen molar-refractivity contribution < 1.29 is 5.11 Å². The van der Waals surface area contributed by atoms with Crippen LogP contribution in [0.15, 0.2) is 30.3 Å². The zero-order valence-electron chi connectivity index (χ0n) is 9.73. The molecule has 0 heterocycles. The third kappa shape index (κ3) is 2.45. The molecular weight excluding hydrogens is 198 g/mol. The minimum Gasteiger partial charge on any atom is -0.388 e. The summed E-state index contributed by atoms with van der Waals surface area (Å²) in [6.07, 6.45) is 6.31. The average Bonchev–Trinajstić information content (AvgIpc) is 2.55. The lowest BCUT2D eigenvalue weighted by molar-refractivity contribution is -0.00122. The topological polar surface area (TPSA) is 46.2 Å². The molecule has 0 spiro atoms. The molecule has 0 unspecified atom stereocenters. The van der Waals surface area contributed by atoms with E-state index in [0.717, 1.165) is 31.2 Å². The molecule has 0 aromatic heterocycles. The van der Waals surface area contributed by atoms with Crippen LogP contribution in [0, 0.1) is 0 Å². The molecule has 16 heavy (non-hydrogen) atoms. The molecule has 1 aromatic carbocycles. The number of benzene rings is 1. The molecule has 0 aliphatic heterocycles. The molecule has 1 saturated carbocycles. The zero-order valence-corrected chi connectivity index (χ0v) is 9.73. The van der Waals surface area contributed by atoms with Crippen LogP contribution in [0.3, 0.4) is 0 Å². The maximum Gasteiger partial charge on any atom is 0.0839 e. The highest BCUT2D eigenvalue weighted by atomic mass is 16.3. The van der Waals surface area contributed by atoms with Gasteiger partial charge >= 0.3 is 0 Å². The van der Waals surface area contributed by atoms with E-state index in [9.17, 15) is 5.11 Å². The summed E-state index contributed by atoms with van der Waals surface area (Å²) in [6.45, 7) is 0. The maximum atomic E-state index is 10.6. The summed E-state index contributed by atoms with van der Waals surface area (Å²) in [5, 5.41) is 10.6. The second-order valence-electron chi connectivity index (χ2n) is 4.91. The van der Waals surface area contributed by atoms with Gasteiger partial charge in [0.15, 0.2) is 0 Å². The molecule has 1 aliphatic rings. The molecule has 2 heteroatoms. The molecule has 0 saturated heterocycles. The van der Waals surface area contributed by atoms with Gasteiger partial charge in [0.25, 0.3) is 0 Å². The van der Waals surface area contributed by atoms with E-state index in [1.165, 1.54) is 12.8 Å². The Morgan fingerprint density at radius 3 is 2.12 bits per heavy atom. The van der Waals surface area contributed by atoms with Gasteiger partial charge in [-0.2, -0.15) is 0 Å². The van der Waals surface area contributed by atoms with Crippen molar-refractivity contribution in [2.75, 3.05) is 0 Å². The Bertz CT molecular complexity index is 315. The van der Waals surface area contributed by atoms with Crippen LogP contribution in [0.25, 0.3) is 0 Å². The minimum atomic E-state index is -0.697. The predicted molar refractivity (Wildman–Crippen MR) is 66.0 cm³/mol. The Hall–Kier alpha value is -0.860. The van der Waals surface area contributed by atoms with Gasteiger partial charge in [-0.1, -0.05) is 56.0 Å². The fourth-order valence-electron chi connectivity index (χ4n) is 2.62. The fourth-order valence-corrected chi connectivity index (χ4v) is 2.62. The number of rotatable bonds is 2.